The van der Waals surface area contributed by atoms with Gasteiger partial charge >= 0.3 is 5.97 Å². The minimum atomic E-state index is -0.603. The van der Waals surface area contributed by atoms with E-state index >= 15 is 0 Å². The Morgan fingerprint density at radius 2 is 1.55 bits per heavy atom. The molecule has 2 N–H and O–H groups in total. The SMILES string of the molecule is CC(C)CC(CC(C)C)NCC1CCC(C(=O)O)CC1. The minimum Gasteiger partial charge on any atom is -0.481 e. The minimum absolute atomic E-state index is 0.0895. The highest BCUT2D eigenvalue weighted by molar-refractivity contribution is 5.69. The summed E-state index contributed by atoms with van der Waals surface area (Å²) in [6, 6.07) is 0.618. The van der Waals surface area contributed by atoms with Gasteiger partial charge in [-0.1, -0.05) is 27.7 Å². The predicted molar refractivity (Wildman–Crippen MR) is 83.8 cm³/mol. The van der Waals surface area contributed by atoms with E-state index in [1.807, 2.05) is 0 Å². The van der Waals surface area contributed by atoms with Crippen molar-refractivity contribution in [1.29, 1.82) is 0 Å². The van der Waals surface area contributed by atoms with Gasteiger partial charge in [0.25, 0.3) is 0 Å². The molecule has 0 aromatic rings. The smallest absolute Gasteiger partial charge is 0.306 e. The fourth-order valence-corrected chi connectivity index (χ4v) is 3.35. The number of carboxylic acid groups (broad SMARTS) is 1. The quantitative estimate of drug-likeness (QED) is 0.709. The summed E-state index contributed by atoms with van der Waals surface area (Å²) in [4.78, 5) is 11.0. The molecule has 0 saturated heterocycles. The molecule has 3 nitrogen and oxygen atoms in total. The lowest BCUT2D eigenvalue weighted by molar-refractivity contribution is -0.143. The molecule has 3 heteroatoms. The molecule has 0 bridgehead atoms. The van der Waals surface area contributed by atoms with Crippen LogP contribution < -0.4 is 5.32 Å². The second-order valence-corrected chi connectivity index (χ2v) is 7.42. The van der Waals surface area contributed by atoms with Gasteiger partial charge in [-0.15, -0.1) is 0 Å². The average Bonchev–Trinajstić information content (AvgIpc) is 2.35. The molecule has 20 heavy (non-hydrogen) atoms. The summed E-state index contributed by atoms with van der Waals surface area (Å²) in [7, 11) is 0. The lowest BCUT2D eigenvalue weighted by Gasteiger charge is -2.29. The largest absolute Gasteiger partial charge is 0.481 e. The van der Waals surface area contributed by atoms with Crippen molar-refractivity contribution in [2.45, 2.75) is 72.3 Å². The Balaban J connectivity index is 2.31. The summed E-state index contributed by atoms with van der Waals surface area (Å²) in [5.74, 6) is 1.44. The van der Waals surface area contributed by atoms with Crippen molar-refractivity contribution in [3.8, 4) is 0 Å². The van der Waals surface area contributed by atoms with Gasteiger partial charge in [-0.05, 0) is 62.8 Å². The van der Waals surface area contributed by atoms with Crippen LogP contribution in [0.5, 0.6) is 0 Å². The zero-order chi connectivity index (χ0) is 15.1. The van der Waals surface area contributed by atoms with E-state index in [-0.39, 0.29) is 5.92 Å². The van der Waals surface area contributed by atoms with Crippen LogP contribution in [-0.4, -0.2) is 23.7 Å². The highest BCUT2D eigenvalue weighted by Crippen LogP contribution is 2.28. The van der Waals surface area contributed by atoms with E-state index < -0.39 is 5.97 Å². The number of rotatable bonds is 8. The summed E-state index contributed by atoms with van der Waals surface area (Å²) in [5, 5.41) is 12.8. The van der Waals surface area contributed by atoms with E-state index in [1.165, 1.54) is 12.8 Å². The number of carbonyl (C=O) groups is 1. The summed E-state index contributed by atoms with van der Waals surface area (Å²) >= 11 is 0. The molecule has 0 amide bonds. The van der Waals surface area contributed by atoms with Gasteiger partial charge in [-0.25, -0.2) is 0 Å². The van der Waals surface area contributed by atoms with Crippen molar-refractivity contribution in [1.82, 2.24) is 5.32 Å². The van der Waals surface area contributed by atoms with Crippen LogP contribution in [0.1, 0.15) is 66.2 Å². The van der Waals surface area contributed by atoms with Crippen LogP contribution in [0.3, 0.4) is 0 Å². The molecular formula is C17H33NO2. The molecule has 0 aromatic heterocycles. The molecule has 1 aliphatic rings. The molecule has 0 atom stereocenters. The number of carboxylic acids is 1. The first kappa shape index (κ1) is 17.5. The van der Waals surface area contributed by atoms with Crippen LogP contribution in [0.4, 0.5) is 0 Å². The number of aliphatic carboxylic acids is 1. The van der Waals surface area contributed by atoms with Crippen LogP contribution in [0.25, 0.3) is 0 Å². The maximum absolute atomic E-state index is 11.0. The maximum Gasteiger partial charge on any atom is 0.306 e. The van der Waals surface area contributed by atoms with E-state index in [0.717, 1.165) is 44.1 Å². The first-order valence-corrected chi connectivity index (χ1v) is 8.34. The van der Waals surface area contributed by atoms with Gasteiger partial charge in [0.2, 0.25) is 0 Å². The van der Waals surface area contributed by atoms with Crippen molar-refractivity contribution in [3.05, 3.63) is 0 Å². The van der Waals surface area contributed by atoms with E-state index in [9.17, 15) is 4.79 Å². The molecule has 1 saturated carbocycles. The topological polar surface area (TPSA) is 49.3 Å². The van der Waals surface area contributed by atoms with Gasteiger partial charge < -0.3 is 10.4 Å². The Labute approximate surface area is 124 Å². The van der Waals surface area contributed by atoms with Gasteiger partial charge in [0, 0.05) is 6.04 Å². The first-order chi connectivity index (χ1) is 9.38. The first-order valence-electron chi connectivity index (χ1n) is 8.34. The molecule has 1 aliphatic carbocycles. The Morgan fingerprint density at radius 3 is 1.95 bits per heavy atom. The summed E-state index contributed by atoms with van der Waals surface area (Å²) < 4.78 is 0. The fourth-order valence-electron chi connectivity index (χ4n) is 3.35. The Hall–Kier alpha value is -0.570. The third-order valence-electron chi connectivity index (χ3n) is 4.40. The Morgan fingerprint density at radius 1 is 1.05 bits per heavy atom. The monoisotopic (exact) mass is 283 g/mol. The van der Waals surface area contributed by atoms with E-state index in [0.29, 0.717) is 12.0 Å². The summed E-state index contributed by atoms with van der Waals surface area (Å²) in [6.07, 6.45) is 6.34. The second kappa shape index (κ2) is 8.66. The molecule has 1 fully saturated rings. The van der Waals surface area contributed by atoms with Crippen molar-refractivity contribution in [3.63, 3.8) is 0 Å². The zero-order valence-corrected chi connectivity index (χ0v) is 13.7. The van der Waals surface area contributed by atoms with Crippen LogP contribution in [0.15, 0.2) is 0 Å². The Kier molecular flexibility index (Phi) is 7.57. The van der Waals surface area contributed by atoms with E-state index in [1.54, 1.807) is 0 Å². The Bertz CT molecular complexity index is 271. The normalized spacial score (nSPS) is 23.8. The van der Waals surface area contributed by atoms with Crippen LogP contribution in [0.2, 0.25) is 0 Å². The molecular weight excluding hydrogens is 250 g/mol. The van der Waals surface area contributed by atoms with Gasteiger partial charge in [0.05, 0.1) is 5.92 Å². The molecule has 1 rings (SSSR count). The fraction of sp³-hybridized carbons (Fsp3) is 0.941. The van der Waals surface area contributed by atoms with Crippen molar-refractivity contribution >= 4 is 5.97 Å². The second-order valence-electron chi connectivity index (χ2n) is 7.42. The average molecular weight is 283 g/mol. The number of hydrogen-bond acceptors (Lipinski definition) is 2. The molecule has 0 aromatic carbocycles. The van der Waals surface area contributed by atoms with E-state index in [4.69, 9.17) is 5.11 Å². The lowest BCUT2D eigenvalue weighted by Crippen LogP contribution is -2.37. The molecule has 0 aliphatic heterocycles. The third-order valence-corrected chi connectivity index (χ3v) is 4.40. The standard InChI is InChI=1S/C17H33NO2/c1-12(2)9-16(10-13(3)4)18-11-14-5-7-15(8-6-14)17(19)20/h12-16,18H,5-11H2,1-4H3,(H,19,20). The molecule has 118 valence electrons. The van der Waals surface area contributed by atoms with E-state index in [2.05, 4.69) is 33.0 Å². The number of nitrogens with one attached hydrogen (secondary N) is 1. The number of hydrogen-bond donors (Lipinski definition) is 2. The van der Waals surface area contributed by atoms with Crippen LogP contribution >= 0.6 is 0 Å². The molecule has 0 radical (unpaired) electrons. The van der Waals surface area contributed by atoms with Crippen molar-refractivity contribution < 1.29 is 9.90 Å². The van der Waals surface area contributed by atoms with Crippen molar-refractivity contribution in [2.75, 3.05) is 6.54 Å². The predicted octanol–water partition coefficient (Wildman–Crippen LogP) is 3.93. The van der Waals surface area contributed by atoms with Gasteiger partial charge in [-0.2, -0.15) is 0 Å². The van der Waals surface area contributed by atoms with Crippen molar-refractivity contribution in [2.24, 2.45) is 23.7 Å². The molecule has 0 unspecified atom stereocenters. The van der Waals surface area contributed by atoms with Crippen LogP contribution in [0, 0.1) is 23.7 Å². The van der Waals surface area contributed by atoms with Gasteiger partial charge in [0.1, 0.15) is 0 Å². The zero-order valence-electron chi connectivity index (χ0n) is 13.7. The third kappa shape index (κ3) is 6.74. The highest BCUT2D eigenvalue weighted by Gasteiger charge is 2.26. The molecule has 0 spiro atoms. The highest BCUT2D eigenvalue weighted by atomic mass is 16.4. The van der Waals surface area contributed by atoms with Crippen LogP contribution in [-0.2, 0) is 4.79 Å². The summed E-state index contributed by atoms with van der Waals surface area (Å²) in [6.45, 7) is 10.2. The maximum atomic E-state index is 11.0. The lowest BCUT2D eigenvalue weighted by atomic mass is 9.82. The van der Waals surface area contributed by atoms with Gasteiger partial charge in [-0.3, -0.25) is 4.79 Å². The molecule has 0 heterocycles. The van der Waals surface area contributed by atoms with Gasteiger partial charge in [0.15, 0.2) is 0 Å². The summed E-state index contributed by atoms with van der Waals surface area (Å²) in [5.41, 5.74) is 0.